The summed E-state index contributed by atoms with van der Waals surface area (Å²) < 4.78 is 1.69. The summed E-state index contributed by atoms with van der Waals surface area (Å²) in [6.07, 6.45) is 3.47. The van der Waals surface area contributed by atoms with Crippen molar-refractivity contribution >= 4 is 11.3 Å². The van der Waals surface area contributed by atoms with Gasteiger partial charge in [-0.1, -0.05) is 6.07 Å². The van der Waals surface area contributed by atoms with Gasteiger partial charge in [0.05, 0.1) is 17.9 Å². The molecule has 1 N–H and O–H groups in total. The highest BCUT2D eigenvalue weighted by Gasteiger charge is 2.05. The van der Waals surface area contributed by atoms with Gasteiger partial charge in [0.25, 0.3) is 0 Å². The van der Waals surface area contributed by atoms with Crippen LogP contribution in [0.15, 0.2) is 36.1 Å². The maximum Gasteiger partial charge on any atom is 0.164 e. The number of hydrogen-bond donors (Lipinski definition) is 1. The van der Waals surface area contributed by atoms with Crippen molar-refractivity contribution in [2.24, 2.45) is 7.05 Å². The van der Waals surface area contributed by atoms with Gasteiger partial charge in [0.15, 0.2) is 5.82 Å². The Morgan fingerprint density at radius 3 is 2.95 bits per heavy atom. The number of hydrogen-bond acceptors (Lipinski definition) is 6. The Morgan fingerprint density at radius 1 is 1.25 bits per heavy atom. The highest BCUT2D eigenvalue weighted by molar-refractivity contribution is 7.13. The van der Waals surface area contributed by atoms with Crippen LogP contribution in [0.4, 0.5) is 0 Å². The van der Waals surface area contributed by atoms with Crippen LogP contribution in [-0.4, -0.2) is 24.7 Å². The van der Waals surface area contributed by atoms with Crippen molar-refractivity contribution in [1.29, 1.82) is 0 Å². The first-order chi connectivity index (χ1) is 9.81. The molecule has 102 valence electrons. The summed E-state index contributed by atoms with van der Waals surface area (Å²) in [5.41, 5.74) is 1.92. The molecular weight excluding hydrogens is 272 g/mol. The van der Waals surface area contributed by atoms with Crippen molar-refractivity contribution < 1.29 is 0 Å². The Hall–Kier alpha value is -2.12. The van der Waals surface area contributed by atoms with E-state index in [2.05, 4.69) is 25.4 Å². The van der Waals surface area contributed by atoms with Crippen LogP contribution in [0.3, 0.4) is 0 Å². The summed E-state index contributed by atoms with van der Waals surface area (Å²) in [5.74, 6) is 0.785. The van der Waals surface area contributed by atoms with Crippen molar-refractivity contribution in [3.05, 3.63) is 47.6 Å². The van der Waals surface area contributed by atoms with E-state index in [1.165, 1.54) is 0 Å². The molecule has 0 aromatic carbocycles. The molecule has 0 radical (unpaired) electrons. The molecule has 0 saturated carbocycles. The van der Waals surface area contributed by atoms with Crippen LogP contribution in [0.1, 0.15) is 11.5 Å². The molecule has 0 fully saturated rings. The Morgan fingerprint density at radius 2 is 2.20 bits per heavy atom. The molecule has 20 heavy (non-hydrogen) atoms. The molecule has 0 spiro atoms. The molecule has 0 aliphatic carbocycles. The topological polar surface area (TPSA) is 68.5 Å². The van der Waals surface area contributed by atoms with E-state index in [-0.39, 0.29) is 0 Å². The van der Waals surface area contributed by atoms with E-state index in [0.29, 0.717) is 13.1 Å². The summed E-state index contributed by atoms with van der Waals surface area (Å²) in [4.78, 5) is 13.0. The third-order valence-electron chi connectivity index (χ3n) is 2.67. The molecule has 3 rings (SSSR count). The standard InChI is InChI=1S/C13H14N6S/c1-19-9-16-12(18-19)7-14-6-10-8-20-13(17-10)11-4-2-3-5-15-11/h2-5,8-9,14H,6-7H2,1H3. The van der Waals surface area contributed by atoms with Crippen LogP contribution in [0.5, 0.6) is 0 Å². The molecular formula is C13H14N6S. The molecule has 0 atom stereocenters. The summed E-state index contributed by atoms with van der Waals surface area (Å²) in [6.45, 7) is 1.33. The van der Waals surface area contributed by atoms with E-state index in [0.717, 1.165) is 22.2 Å². The second-order valence-electron chi connectivity index (χ2n) is 4.30. The predicted molar refractivity (Wildman–Crippen MR) is 76.9 cm³/mol. The SMILES string of the molecule is Cn1cnc(CNCc2csc(-c3ccccn3)n2)n1. The lowest BCUT2D eigenvalue weighted by Crippen LogP contribution is -2.14. The van der Waals surface area contributed by atoms with Gasteiger partial charge in [-0.3, -0.25) is 9.67 Å². The minimum absolute atomic E-state index is 0.636. The summed E-state index contributed by atoms with van der Waals surface area (Å²) >= 11 is 1.60. The van der Waals surface area contributed by atoms with Crippen LogP contribution in [0.2, 0.25) is 0 Å². The first-order valence-corrected chi connectivity index (χ1v) is 7.10. The van der Waals surface area contributed by atoms with Gasteiger partial charge in [-0.25, -0.2) is 9.97 Å². The number of nitrogens with zero attached hydrogens (tertiary/aromatic N) is 5. The Labute approximate surface area is 120 Å². The van der Waals surface area contributed by atoms with Gasteiger partial charge in [-0.2, -0.15) is 5.10 Å². The van der Waals surface area contributed by atoms with Gasteiger partial charge in [-0.05, 0) is 12.1 Å². The van der Waals surface area contributed by atoms with E-state index < -0.39 is 0 Å². The monoisotopic (exact) mass is 286 g/mol. The second-order valence-corrected chi connectivity index (χ2v) is 5.16. The van der Waals surface area contributed by atoms with E-state index in [4.69, 9.17) is 0 Å². The number of aromatic nitrogens is 5. The Balaban J connectivity index is 1.58. The van der Waals surface area contributed by atoms with Crippen molar-refractivity contribution in [2.75, 3.05) is 0 Å². The minimum atomic E-state index is 0.636. The van der Waals surface area contributed by atoms with Gasteiger partial charge in [0, 0.05) is 25.2 Å². The van der Waals surface area contributed by atoms with Crippen LogP contribution in [0.25, 0.3) is 10.7 Å². The molecule has 0 saturated heterocycles. The Bertz CT molecular complexity index is 675. The third-order valence-corrected chi connectivity index (χ3v) is 3.59. The van der Waals surface area contributed by atoms with E-state index in [1.807, 2.05) is 30.6 Å². The van der Waals surface area contributed by atoms with Gasteiger partial charge in [0.2, 0.25) is 0 Å². The summed E-state index contributed by atoms with van der Waals surface area (Å²) in [6, 6.07) is 5.84. The fraction of sp³-hybridized carbons (Fsp3) is 0.231. The first kappa shape index (κ1) is 12.9. The van der Waals surface area contributed by atoms with Crippen molar-refractivity contribution in [1.82, 2.24) is 30.0 Å². The molecule has 0 aliphatic rings. The molecule has 3 aromatic rings. The van der Waals surface area contributed by atoms with E-state index >= 15 is 0 Å². The zero-order valence-corrected chi connectivity index (χ0v) is 11.8. The molecule has 3 aromatic heterocycles. The van der Waals surface area contributed by atoms with Gasteiger partial charge in [-0.15, -0.1) is 11.3 Å². The second kappa shape index (κ2) is 5.89. The average molecular weight is 286 g/mol. The van der Waals surface area contributed by atoms with Crippen molar-refractivity contribution in [3.63, 3.8) is 0 Å². The van der Waals surface area contributed by atoms with E-state index in [9.17, 15) is 0 Å². The molecule has 0 aliphatic heterocycles. The molecule has 3 heterocycles. The normalized spacial score (nSPS) is 10.8. The lowest BCUT2D eigenvalue weighted by Gasteiger charge is -1.98. The maximum absolute atomic E-state index is 4.56. The number of aryl methyl sites for hydroxylation is 1. The van der Waals surface area contributed by atoms with Crippen molar-refractivity contribution in [3.8, 4) is 10.7 Å². The highest BCUT2D eigenvalue weighted by atomic mass is 32.1. The van der Waals surface area contributed by atoms with Crippen LogP contribution in [0, 0.1) is 0 Å². The fourth-order valence-electron chi connectivity index (χ4n) is 1.76. The lowest BCUT2D eigenvalue weighted by atomic mass is 10.3. The lowest BCUT2D eigenvalue weighted by molar-refractivity contribution is 0.643. The number of rotatable bonds is 5. The molecule has 6 nitrogen and oxygen atoms in total. The van der Waals surface area contributed by atoms with E-state index in [1.54, 1.807) is 28.5 Å². The smallest absolute Gasteiger partial charge is 0.164 e. The van der Waals surface area contributed by atoms with Crippen LogP contribution >= 0.6 is 11.3 Å². The molecule has 0 amide bonds. The quantitative estimate of drug-likeness (QED) is 0.772. The largest absolute Gasteiger partial charge is 0.304 e. The molecule has 7 heteroatoms. The minimum Gasteiger partial charge on any atom is -0.304 e. The third kappa shape index (κ3) is 3.06. The molecule has 0 bridgehead atoms. The van der Waals surface area contributed by atoms with Gasteiger partial charge >= 0.3 is 0 Å². The molecule has 0 unspecified atom stereocenters. The first-order valence-electron chi connectivity index (χ1n) is 6.22. The summed E-state index contributed by atoms with van der Waals surface area (Å²) in [5, 5.41) is 10.5. The average Bonchev–Trinajstić information content (AvgIpc) is 3.09. The van der Waals surface area contributed by atoms with Gasteiger partial charge in [0.1, 0.15) is 11.3 Å². The van der Waals surface area contributed by atoms with Crippen LogP contribution < -0.4 is 5.32 Å². The Kier molecular flexibility index (Phi) is 3.80. The number of pyridine rings is 1. The summed E-state index contributed by atoms with van der Waals surface area (Å²) in [7, 11) is 1.86. The van der Waals surface area contributed by atoms with Crippen molar-refractivity contribution in [2.45, 2.75) is 13.1 Å². The maximum atomic E-state index is 4.56. The zero-order valence-electron chi connectivity index (χ0n) is 11.0. The zero-order chi connectivity index (χ0) is 13.8. The predicted octanol–water partition coefficient (Wildman–Crippen LogP) is 1.62. The number of nitrogens with one attached hydrogen (secondary N) is 1. The van der Waals surface area contributed by atoms with Crippen LogP contribution in [-0.2, 0) is 20.1 Å². The highest BCUT2D eigenvalue weighted by Crippen LogP contribution is 2.21. The number of thiazole rings is 1. The fourth-order valence-corrected chi connectivity index (χ4v) is 2.56. The van der Waals surface area contributed by atoms with Gasteiger partial charge < -0.3 is 5.32 Å².